The molecule has 0 spiro atoms. The zero-order valence-corrected chi connectivity index (χ0v) is 14.3. The minimum atomic E-state index is 0.255. The number of rotatable bonds is 4. The average Bonchev–Trinajstić information content (AvgIpc) is 2.55. The lowest BCUT2D eigenvalue weighted by atomic mass is 10.0. The molecule has 2 heterocycles. The lowest BCUT2D eigenvalue weighted by Crippen LogP contribution is -2.45. The highest BCUT2D eigenvalue weighted by Crippen LogP contribution is 2.29. The van der Waals surface area contributed by atoms with Crippen molar-refractivity contribution in [2.24, 2.45) is 0 Å². The molecule has 1 aliphatic heterocycles. The van der Waals surface area contributed by atoms with Gasteiger partial charge >= 0.3 is 0 Å². The van der Waals surface area contributed by atoms with E-state index in [9.17, 15) is 0 Å². The molecule has 0 radical (unpaired) electrons. The summed E-state index contributed by atoms with van der Waals surface area (Å²) in [6, 6.07) is 12.3. The van der Waals surface area contributed by atoms with Crippen LogP contribution in [0.3, 0.4) is 0 Å². The fraction of sp³-hybridized carbons (Fsp3) is 0.389. The summed E-state index contributed by atoms with van der Waals surface area (Å²) in [6.45, 7) is 5.62. The van der Waals surface area contributed by atoms with Crippen LogP contribution < -0.4 is 10.1 Å². The lowest BCUT2D eigenvalue weighted by Gasteiger charge is -2.36. The number of nitrogens with zero attached hydrogens (tertiary/aromatic N) is 2. The fourth-order valence-corrected chi connectivity index (χ4v) is 3.36. The summed E-state index contributed by atoms with van der Waals surface area (Å²) in [4.78, 5) is 7.08. The topological polar surface area (TPSA) is 37.4 Å². The second-order valence-corrected chi connectivity index (χ2v) is 6.26. The first-order valence-corrected chi connectivity index (χ1v) is 8.26. The zero-order chi connectivity index (χ0) is 16.2. The maximum Gasteiger partial charge on any atom is 0.122 e. The maximum absolute atomic E-state index is 6.41. The van der Waals surface area contributed by atoms with E-state index in [1.807, 2.05) is 37.3 Å². The largest absolute Gasteiger partial charge is 0.497 e. The molecule has 1 saturated heterocycles. The van der Waals surface area contributed by atoms with E-state index in [4.69, 9.17) is 16.3 Å². The van der Waals surface area contributed by atoms with Gasteiger partial charge in [0.1, 0.15) is 5.75 Å². The Bertz CT molecular complexity index is 677. The van der Waals surface area contributed by atoms with E-state index in [0.29, 0.717) is 0 Å². The Morgan fingerprint density at radius 1 is 1.35 bits per heavy atom. The first-order valence-electron chi connectivity index (χ1n) is 7.88. The number of nitrogens with one attached hydrogen (secondary N) is 1. The third-order valence-electron chi connectivity index (χ3n) is 4.20. The van der Waals surface area contributed by atoms with Crippen molar-refractivity contribution in [1.82, 2.24) is 15.2 Å². The van der Waals surface area contributed by atoms with Gasteiger partial charge in [-0.2, -0.15) is 0 Å². The number of halogens is 1. The van der Waals surface area contributed by atoms with Crippen molar-refractivity contribution in [3.8, 4) is 5.75 Å². The van der Waals surface area contributed by atoms with Crippen LogP contribution in [0.2, 0.25) is 5.02 Å². The van der Waals surface area contributed by atoms with Crippen molar-refractivity contribution >= 4 is 11.6 Å². The molecule has 5 heteroatoms. The number of benzene rings is 1. The minimum Gasteiger partial charge on any atom is -0.497 e. The van der Waals surface area contributed by atoms with Gasteiger partial charge in [-0.05, 0) is 18.6 Å². The van der Waals surface area contributed by atoms with E-state index in [1.165, 1.54) is 5.56 Å². The minimum absolute atomic E-state index is 0.255. The molecule has 1 aromatic carbocycles. The summed E-state index contributed by atoms with van der Waals surface area (Å²) < 4.78 is 5.36. The summed E-state index contributed by atoms with van der Waals surface area (Å²) >= 11 is 6.41. The first-order chi connectivity index (χ1) is 11.2. The summed E-state index contributed by atoms with van der Waals surface area (Å²) in [5.41, 5.74) is 3.17. The van der Waals surface area contributed by atoms with Gasteiger partial charge in [0.2, 0.25) is 0 Å². The molecule has 122 valence electrons. The van der Waals surface area contributed by atoms with E-state index in [2.05, 4.69) is 21.3 Å². The second kappa shape index (κ2) is 7.30. The van der Waals surface area contributed by atoms with Crippen LogP contribution >= 0.6 is 11.6 Å². The number of methoxy groups -OCH3 is 1. The highest BCUT2D eigenvalue weighted by molar-refractivity contribution is 6.31. The van der Waals surface area contributed by atoms with Crippen molar-refractivity contribution in [1.29, 1.82) is 0 Å². The molecule has 2 aromatic rings. The third kappa shape index (κ3) is 3.83. The lowest BCUT2D eigenvalue weighted by molar-refractivity contribution is 0.152. The molecular formula is C18H22ClN3O. The smallest absolute Gasteiger partial charge is 0.122 e. The van der Waals surface area contributed by atoms with Crippen LogP contribution in [0.15, 0.2) is 36.4 Å². The van der Waals surface area contributed by atoms with Gasteiger partial charge < -0.3 is 10.1 Å². The number of piperazine rings is 1. The van der Waals surface area contributed by atoms with Crippen molar-refractivity contribution in [3.05, 3.63) is 58.4 Å². The fourth-order valence-electron chi connectivity index (χ4n) is 3.10. The molecule has 0 aliphatic carbocycles. The summed E-state index contributed by atoms with van der Waals surface area (Å²) in [5.74, 6) is 0.858. The number of ether oxygens (including phenoxy) is 1. The van der Waals surface area contributed by atoms with Gasteiger partial charge in [0.25, 0.3) is 0 Å². The van der Waals surface area contributed by atoms with Crippen LogP contribution in [0, 0.1) is 6.92 Å². The quantitative estimate of drug-likeness (QED) is 0.933. The van der Waals surface area contributed by atoms with Crippen LogP contribution in [0.5, 0.6) is 5.75 Å². The van der Waals surface area contributed by atoms with Crippen molar-refractivity contribution < 1.29 is 4.74 Å². The van der Waals surface area contributed by atoms with Crippen LogP contribution in [-0.4, -0.2) is 36.6 Å². The Balaban J connectivity index is 1.85. The Morgan fingerprint density at radius 3 is 2.96 bits per heavy atom. The second-order valence-electron chi connectivity index (χ2n) is 5.85. The molecule has 4 nitrogen and oxygen atoms in total. The molecular weight excluding hydrogens is 310 g/mol. The van der Waals surface area contributed by atoms with Gasteiger partial charge in [0.05, 0.1) is 12.8 Å². The molecule has 1 N–H and O–H groups in total. The summed E-state index contributed by atoms with van der Waals surface area (Å²) in [5, 5.41) is 4.29. The first kappa shape index (κ1) is 16.2. The Morgan fingerprint density at radius 2 is 2.17 bits per heavy atom. The van der Waals surface area contributed by atoms with E-state index in [0.717, 1.165) is 48.3 Å². The predicted octanol–water partition coefficient (Wildman–Crippen LogP) is 3.20. The highest BCUT2D eigenvalue weighted by atomic mass is 35.5. The average molecular weight is 332 g/mol. The van der Waals surface area contributed by atoms with Crippen LogP contribution in [0.4, 0.5) is 0 Å². The van der Waals surface area contributed by atoms with Gasteiger partial charge in [0.15, 0.2) is 0 Å². The van der Waals surface area contributed by atoms with Gasteiger partial charge in [-0.15, -0.1) is 0 Å². The number of hydrogen-bond donors (Lipinski definition) is 1. The van der Waals surface area contributed by atoms with Gasteiger partial charge in [-0.25, -0.2) is 0 Å². The molecule has 23 heavy (non-hydrogen) atoms. The maximum atomic E-state index is 6.41. The Kier molecular flexibility index (Phi) is 5.16. The van der Waals surface area contributed by atoms with Crippen LogP contribution in [0.1, 0.15) is 23.0 Å². The van der Waals surface area contributed by atoms with Gasteiger partial charge in [0, 0.05) is 55.1 Å². The van der Waals surface area contributed by atoms with Crippen LogP contribution in [0.25, 0.3) is 0 Å². The molecule has 0 saturated carbocycles. The zero-order valence-electron chi connectivity index (χ0n) is 13.6. The van der Waals surface area contributed by atoms with E-state index in [-0.39, 0.29) is 6.04 Å². The van der Waals surface area contributed by atoms with Gasteiger partial charge in [-0.3, -0.25) is 9.88 Å². The monoisotopic (exact) mass is 331 g/mol. The van der Waals surface area contributed by atoms with Gasteiger partial charge in [-0.1, -0.05) is 29.8 Å². The molecule has 1 unspecified atom stereocenters. The Hall–Kier alpha value is -1.62. The van der Waals surface area contributed by atoms with Crippen molar-refractivity contribution in [2.45, 2.75) is 19.5 Å². The third-order valence-corrected chi connectivity index (χ3v) is 4.54. The molecule has 1 fully saturated rings. The number of hydrogen-bond acceptors (Lipinski definition) is 4. The van der Waals surface area contributed by atoms with Crippen molar-refractivity contribution in [2.75, 3.05) is 26.7 Å². The molecule has 0 bridgehead atoms. The summed E-state index contributed by atoms with van der Waals surface area (Å²) in [7, 11) is 1.69. The predicted molar refractivity (Wildman–Crippen MR) is 93.0 cm³/mol. The van der Waals surface area contributed by atoms with E-state index >= 15 is 0 Å². The van der Waals surface area contributed by atoms with E-state index < -0.39 is 0 Å². The SMILES string of the molecule is COc1cc(C)nc(CN2CCNCC2c2ccccc2Cl)c1. The molecule has 0 amide bonds. The summed E-state index contributed by atoms with van der Waals surface area (Å²) in [6.07, 6.45) is 0. The normalized spacial score (nSPS) is 18.8. The highest BCUT2D eigenvalue weighted by Gasteiger charge is 2.25. The molecule has 1 atom stereocenters. The molecule has 1 aliphatic rings. The Labute approximate surface area is 142 Å². The standard InChI is InChI=1S/C18H22ClN3O/c1-13-9-15(23-2)10-14(21-13)12-22-8-7-20-11-18(22)16-5-3-4-6-17(16)19/h3-6,9-10,18,20H,7-8,11-12H2,1-2H3. The number of aryl methyl sites for hydroxylation is 1. The molecule has 1 aromatic heterocycles. The van der Waals surface area contributed by atoms with E-state index in [1.54, 1.807) is 7.11 Å². The van der Waals surface area contributed by atoms with Crippen LogP contribution in [-0.2, 0) is 6.54 Å². The number of pyridine rings is 1. The van der Waals surface area contributed by atoms with Crippen molar-refractivity contribution in [3.63, 3.8) is 0 Å². The molecule has 3 rings (SSSR count). The number of aromatic nitrogens is 1.